The average molecular weight is 525 g/mol. The molecule has 0 aliphatic carbocycles. The van der Waals surface area contributed by atoms with Crippen LogP contribution in [0.15, 0.2) is 58.9 Å². The number of hydrogen-bond donors (Lipinski definition) is 1. The van der Waals surface area contributed by atoms with Gasteiger partial charge in [0.25, 0.3) is 15.9 Å². The van der Waals surface area contributed by atoms with Gasteiger partial charge in [-0.3, -0.25) is 9.52 Å². The Kier molecular flexibility index (Phi) is 7.24. The molecule has 34 heavy (non-hydrogen) atoms. The van der Waals surface area contributed by atoms with Crippen molar-refractivity contribution in [2.45, 2.75) is 17.9 Å². The highest BCUT2D eigenvalue weighted by atomic mass is 35.5. The first-order chi connectivity index (χ1) is 16.2. The second-order valence-corrected chi connectivity index (χ2v) is 10.7. The van der Waals surface area contributed by atoms with Crippen LogP contribution in [-0.4, -0.2) is 56.5 Å². The first-order valence-electron chi connectivity index (χ1n) is 10.4. The van der Waals surface area contributed by atoms with Crippen LogP contribution in [0.1, 0.15) is 6.92 Å². The molecule has 1 saturated heterocycles. The third-order valence-electron chi connectivity index (χ3n) is 5.37. The van der Waals surface area contributed by atoms with Gasteiger partial charge in [0.05, 0.1) is 9.92 Å². The molecule has 1 aromatic heterocycles. The molecule has 1 aliphatic rings. The molecule has 1 N–H and O–H groups in total. The summed E-state index contributed by atoms with van der Waals surface area (Å²) in [6.07, 6.45) is 1.53. The molecule has 1 aliphatic heterocycles. The quantitative estimate of drug-likeness (QED) is 0.505. The minimum absolute atomic E-state index is 0.0651. The molecule has 0 saturated carbocycles. The number of ether oxygens (including phenoxy) is 1. The van der Waals surface area contributed by atoms with E-state index in [4.69, 9.17) is 16.3 Å². The molecule has 2 heterocycles. The molecule has 2 aromatic carbocycles. The second kappa shape index (κ2) is 10.2. The number of benzene rings is 2. The minimum atomic E-state index is -3.71. The van der Waals surface area contributed by atoms with Gasteiger partial charge in [-0.25, -0.2) is 17.8 Å². The Morgan fingerprint density at radius 1 is 1.26 bits per heavy atom. The summed E-state index contributed by atoms with van der Waals surface area (Å²) in [5.74, 6) is -0.403. The van der Waals surface area contributed by atoms with Gasteiger partial charge in [-0.05, 0) is 43.3 Å². The topological polar surface area (TPSA) is 91.8 Å². The van der Waals surface area contributed by atoms with E-state index >= 15 is 0 Å². The van der Waals surface area contributed by atoms with Gasteiger partial charge in [0.1, 0.15) is 11.6 Å². The van der Waals surface area contributed by atoms with E-state index in [1.807, 2.05) is 6.92 Å². The number of nitrogens with zero attached hydrogens (tertiary/aromatic N) is 3. The number of hydrogen-bond acceptors (Lipinski definition) is 7. The van der Waals surface area contributed by atoms with Gasteiger partial charge in [-0.1, -0.05) is 11.6 Å². The zero-order chi connectivity index (χ0) is 24.3. The van der Waals surface area contributed by atoms with Crippen molar-refractivity contribution in [1.82, 2.24) is 9.88 Å². The first-order valence-corrected chi connectivity index (χ1v) is 13.1. The number of amides is 1. The molecule has 8 nitrogen and oxygen atoms in total. The van der Waals surface area contributed by atoms with Gasteiger partial charge in [0.15, 0.2) is 11.7 Å². The third-order valence-corrected chi connectivity index (χ3v) is 7.83. The van der Waals surface area contributed by atoms with Crippen molar-refractivity contribution in [3.63, 3.8) is 0 Å². The van der Waals surface area contributed by atoms with Crippen molar-refractivity contribution < 1.29 is 22.3 Å². The van der Waals surface area contributed by atoms with Crippen LogP contribution < -0.4 is 14.4 Å². The molecule has 0 bridgehead atoms. The number of thiazole rings is 1. The molecule has 0 radical (unpaired) electrons. The van der Waals surface area contributed by atoms with Gasteiger partial charge >= 0.3 is 0 Å². The van der Waals surface area contributed by atoms with Crippen LogP contribution in [0, 0.1) is 5.82 Å². The molecule has 4 rings (SSSR count). The van der Waals surface area contributed by atoms with Crippen molar-refractivity contribution >= 4 is 49.7 Å². The molecule has 1 atom stereocenters. The minimum Gasteiger partial charge on any atom is -0.484 e. The van der Waals surface area contributed by atoms with E-state index in [1.54, 1.807) is 34.5 Å². The Labute approximate surface area is 206 Å². The lowest BCUT2D eigenvalue weighted by atomic mass is 10.1. The van der Waals surface area contributed by atoms with Gasteiger partial charge in [-0.15, -0.1) is 11.3 Å². The molecule has 0 unspecified atom stereocenters. The summed E-state index contributed by atoms with van der Waals surface area (Å²) in [5.41, 5.74) is 0.865. The normalized spacial score (nSPS) is 16.4. The fourth-order valence-electron chi connectivity index (χ4n) is 3.64. The lowest BCUT2D eigenvalue weighted by Crippen LogP contribution is -2.55. The van der Waals surface area contributed by atoms with Crippen molar-refractivity contribution in [3.05, 3.63) is 64.9 Å². The highest BCUT2D eigenvalue weighted by Gasteiger charge is 2.28. The Morgan fingerprint density at radius 3 is 2.68 bits per heavy atom. The maximum Gasteiger partial charge on any atom is 0.263 e. The number of nitrogens with one attached hydrogen (secondary N) is 1. The number of carbonyl (C=O) groups is 1. The van der Waals surface area contributed by atoms with Crippen LogP contribution in [-0.2, 0) is 14.8 Å². The number of carbonyl (C=O) groups excluding carboxylic acids is 1. The number of aromatic nitrogens is 1. The van der Waals surface area contributed by atoms with Gasteiger partial charge in [0, 0.05) is 49.0 Å². The van der Waals surface area contributed by atoms with Crippen molar-refractivity contribution in [1.29, 1.82) is 0 Å². The number of anilines is 2. The van der Waals surface area contributed by atoms with E-state index < -0.39 is 15.8 Å². The summed E-state index contributed by atoms with van der Waals surface area (Å²) >= 11 is 6.95. The Bertz CT molecular complexity index is 1260. The van der Waals surface area contributed by atoms with E-state index in [-0.39, 0.29) is 28.5 Å². The van der Waals surface area contributed by atoms with Gasteiger partial charge in [-0.2, -0.15) is 0 Å². The van der Waals surface area contributed by atoms with E-state index in [0.29, 0.717) is 30.5 Å². The molecule has 1 amide bonds. The average Bonchev–Trinajstić information content (AvgIpc) is 3.32. The summed E-state index contributed by atoms with van der Waals surface area (Å²) in [6, 6.07) is 10.5. The largest absolute Gasteiger partial charge is 0.484 e. The SMILES string of the molecule is C[C@H]1CN(c2ccc(S(=O)(=O)Nc3nccs3)cc2)CCN1C(=O)COc1ccc(F)c(Cl)c1. The Balaban J connectivity index is 1.33. The molecule has 12 heteroatoms. The van der Waals surface area contributed by atoms with Crippen molar-refractivity contribution in [2.24, 2.45) is 0 Å². The molecule has 0 spiro atoms. The zero-order valence-electron chi connectivity index (χ0n) is 18.1. The Hall–Kier alpha value is -2.89. The van der Waals surface area contributed by atoms with E-state index in [2.05, 4.69) is 14.6 Å². The maximum atomic E-state index is 13.3. The highest BCUT2D eigenvalue weighted by Crippen LogP contribution is 2.24. The van der Waals surface area contributed by atoms with Crippen LogP contribution in [0.3, 0.4) is 0 Å². The smallest absolute Gasteiger partial charge is 0.263 e. The van der Waals surface area contributed by atoms with Crippen molar-refractivity contribution in [2.75, 3.05) is 35.9 Å². The Morgan fingerprint density at radius 2 is 2.03 bits per heavy atom. The summed E-state index contributed by atoms with van der Waals surface area (Å²) in [6.45, 7) is 3.42. The van der Waals surface area contributed by atoms with E-state index in [0.717, 1.165) is 5.69 Å². The van der Waals surface area contributed by atoms with E-state index in [9.17, 15) is 17.6 Å². The molecule has 3 aromatic rings. The summed E-state index contributed by atoms with van der Waals surface area (Å²) in [7, 11) is -3.71. The van der Waals surface area contributed by atoms with Crippen LogP contribution in [0.25, 0.3) is 0 Å². The predicted octanol–water partition coefficient (Wildman–Crippen LogP) is 3.85. The number of rotatable bonds is 7. The molecule has 180 valence electrons. The van der Waals surface area contributed by atoms with Gasteiger partial charge in [0.2, 0.25) is 0 Å². The monoisotopic (exact) mass is 524 g/mol. The summed E-state index contributed by atoms with van der Waals surface area (Å²) in [5, 5.41) is 1.94. The lowest BCUT2D eigenvalue weighted by molar-refractivity contribution is -0.135. The van der Waals surface area contributed by atoms with Crippen LogP contribution in [0.2, 0.25) is 5.02 Å². The second-order valence-electron chi connectivity index (χ2n) is 7.68. The summed E-state index contributed by atoms with van der Waals surface area (Å²) in [4.78, 5) is 20.6. The molecular formula is C22H22ClFN4O4S2. The van der Waals surface area contributed by atoms with Crippen LogP contribution in [0.5, 0.6) is 5.75 Å². The number of halogens is 2. The fraction of sp³-hybridized carbons (Fsp3) is 0.273. The highest BCUT2D eigenvalue weighted by molar-refractivity contribution is 7.93. The predicted molar refractivity (Wildman–Crippen MR) is 130 cm³/mol. The van der Waals surface area contributed by atoms with Gasteiger partial charge < -0.3 is 14.5 Å². The lowest BCUT2D eigenvalue weighted by Gasteiger charge is -2.41. The third kappa shape index (κ3) is 5.60. The number of sulfonamides is 1. The molecular weight excluding hydrogens is 503 g/mol. The number of piperazine rings is 1. The van der Waals surface area contributed by atoms with Crippen LogP contribution >= 0.6 is 22.9 Å². The first kappa shape index (κ1) is 24.2. The summed E-state index contributed by atoms with van der Waals surface area (Å²) < 4.78 is 46.2. The maximum absolute atomic E-state index is 13.3. The zero-order valence-corrected chi connectivity index (χ0v) is 20.5. The molecule has 1 fully saturated rings. The fourth-order valence-corrected chi connectivity index (χ4v) is 5.60. The van der Waals surface area contributed by atoms with Crippen LogP contribution in [0.4, 0.5) is 15.2 Å². The van der Waals surface area contributed by atoms with E-state index in [1.165, 1.54) is 35.7 Å². The standard InChI is InChI=1S/C22H22ClFN4O4S2/c1-15-13-27(9-10-28(15)21(29)14-32-17-4-7-20(24)19(23)12-17)16-2-5-18(6-3-16)34(30,31)26-22-25-8-11-33-22/h2-8,11-12,15H,9-10,13-14H2,1H3,(H,25,26)/t15-/m0/s1. The van der Waals surface area contributed by atoms with Crippen molar-refractivity contribution in [3.8, 4) is 5.75 Å².